The van der Waals surface area contributed by atoms with E-state index in [0.717, 1.165) is 21.1 Å². The van der Waals surface area contributed by atoms with Gasteiger partial charge in [0.05, 0.1) is 17.4 Å². The SMILES string of the molecule is CN(c1ncccc1CNc1nc(Nc2ccc(N3CCN(Cc4ccc5c(c4F)C(=O)N(C4CCC(=O)NC4=O)C5=O)CC3)cc2)ncc1C(F)(F)F)S(C)(=O)=O. The molecule has 4 aromatic rings. The minimum Gasteiger partial charge on any atom is -0.369 e. The van der Waals surface area contributed by atoms with Crippen molar-refractivity contribution in [3.8, 4) is 0 Å². The molecule has 58 heavy (non-hydrogen) atoms. The Morgan fingerprint density at radius 3 is 2.34 bits per heavy atom. The number of nitrogens with one attached hydrogen (secondary N) is 3. The van der Waals surface area contributed by atoms with Gasteiger partial charge >= 0.3 is 6.18 Å². The van der Waals surface area contributed by atoms with Crippen molar-refractivity contribution in [1.82, 2.24) is 30.1 Å². The molecule has 304 valence electrons. The van der Waals surface area contributed by atoms with Crippen molar-refractivity contribution in [3.05, 3.63) is 94.6 Å². The first-order valence-corrected chi connectivity index (χ1v) is 19.8. The molecule has 1 unspecified atom stereocenters. The van der Waals surface area contributed by atoms with Crippen molar-refractivity contribution >= 4 is 62.6 Å². The van der Waals surface area contributed by atoms with Crippen molar-refractivity contribution in [1.29, 1.82) is 0 Å². The molecule has 21 heteroatoms. The number of sulfonamides is 1. The molecule has 5 heterocycles. The summed E-state index contributed by atoms with van der Waals surface area (Å²) in [4.78, 5) is 67.1. The number of amides is 4. The minimum absolute atomic E-state index is 0.0355. The summed E-state index contributed by atoms with van der Waals surface area (Å²) < 4.78 is 82.7. The lowest BCUT2D eigenvalue weighted by Crippen LogP contribution is -2.54. The predicted octanol–water partition coefficient (Wildman–Crippen LogP) is 3.50. The van der Waals surface area contributed by atoms with Gasteiger partial charge in [0.25, 0.3) is 11.8 Å². The molecular formula is C37H36F4N10O6S. The maximum Gasteiger partial charge on any atom is 0.421 e. The third kappa shape index (κ3) is 8.12. The minimum atomic E-state index is -4.79. The Labute approximate surface area is 329 Å². The molecule has 2 aromatic carbocycles. The summed E-state index contributed by atoms with van der Waals surface area (Å²) in [5.41, 5.74) is 0.261. The van der Waals surface area contributed by atoms with E-state index in [-0.39, 0.29) is 54.4 Å². The van der Waals surface area contributed by atoms with Crippen LogP contribution >= 0.6 is 0 Å². The fourth-order valence-corrected chi connectivity index (χ4v) is 7.42. The van der Waals surface area contributed by atoms with Crippen molar-refractivity contribution < 1.29 is 45.2 Å². The standard InChI is InChI=1S/C37H36F4N10O6S/c1-48(58(2,56)57)32-21(4-3-13-42-32)18-43-31-26(37(39,40)41)19-44-36(47-31)45-23-6-8-24(9-7-23)50-16-14-49(15-17-50)20-22-5-10-25-29(30(22)38)35(55)51(34(25)54)27-11-12-28(52)46-33(27)53/h3-10,13,19,27H,11-12,14-18,20H2,1-2H3,(H,46,52,53)(H2,43,44,45,47). The fraction of sp³-hybridized carbons (Fsp3) is 0.324. The smallest absolute Gasteiger partial charge is 0.369 e. The summed E-state index contributed by atoms with van der Waals surface area (Å²) in [6.45, 7) is 2.14. The van der Waals surface area contributed by atoms with E-state index in [2.05, 4.69) is 35.8 Å². The molecule has 0 bridgehead atoms. The molecule has 0 saturated carbocycles. The second-order valence-corrected chi connectivity index (χ2v) is 15.9. The fourth-order valence-electron chi connectivity index (χ4n) is 6.94. The first-order chi connectivity index (χ1) is 27.5. The molecule has 3 aliphatic rings. The number of aromatic nitrogens is 3. The zero-order valence-corrected chi connectivity index (χ0v) is 31.8. The van der Waals surface area contributed by atoms with E-state index < -0.39 is 63.1 Å². The van der Waals surface area contributed by atoms with Crippen molar-refractivity contribution in [3.63, 3.8) is 0 Å². The van der Waals surface area contributed by atoms with Crippen LogP contribution in [0.25, 0.3) is 0 Å². The van der Waals surface area contributed by atoms with Crippen LogP contribution in [0.2, 0.25) is 0 Å². The molecule has 4 amide bonds. The van der Waals surface area contributed by atoms with Gasteiger partial charge in [-0.3, -0.25) is 38.6 Å². The Bertz CT molecular complexity index is 2410. The summed E-state index contributed by atoms with van der Waals surface area (Å²) in [6, 6.07) is 11.8. The Balaban J connectivity index is 0.970. The number of piperidine rings is 1. The quantitative estimate of drug-likeness (QED) is 0.147. The number of fused-ring (bicyclic) bond motifs is 1. The first-order valence-electron chi connectivity index (χ1n) is 17.9. The average molecular weight is 825 g/mol. The zero-order chi connectivity index (χ0) is 41.5. The average Bonchev–Trinajstić information content (AvgIpc) is 3.43. The van der Waals surface area contributed by atoms with E-state index in [1.807, 2.05) is 17.0 Å². The van der Waals surface area contributed by atoms with Gasteiger partial charge in [-0.05, 0) is 42.8 Å². The maximum absolute atomic E-state index is 15.8. The second-order valence-electron chi connectivity index (χ2n) is 13.9. The molecule has 1 atom stereocenters. The number of nitrogens with zero attached hydrogens (tertiary/aromatic N) is 7. The van der Waals surface area contributed by atoms with Gasteiger partial charge in [0, 0.05) is 87.6 Å². The highest BCUT2D eigenvalue weighted by Gasteiger charge is 2.46. The lowest BCUT2D eigenvalue weighted by atomic mass is 10.0. The number of hydrogen-bond donors (Lipinski definition) is 3. The molecule has 16 nitrogen and oxygen atoms in total. The normalized spacial score (nSPS) is 17.7. The van der Waals surface area contributed by atoms with E-state index in [9.17, 15) is 40.8 Å². The number of pyridine rings is 1. The molecule has 3 N–H and O–H groups in total. The highest BCUT2D eigenvalue weighted by atomic mass is 32.2. The number of piperazine rings is 1. The predicted molar refractivity (Wildman–Crippen MR) is 202 cm³/mol. The summed E-state index contributed by atoms with van der Waals surface area (Å²) >= 11 is 0. The summed E-state index contributed by atoms with van der Waals surface area (Å²) in [6.07, 6.45) is -1.86. The van der Waals surface area contributed by atoms with Crippen LogP contribution in [-0.4, -0.2) is 102 Å². The molecule has 2 saturated heterocycles. The van der Waals surface area contributed by atoms with Gasteiger partial charge < -0.3 is 15.5 Å². The molecule has 0 aliphatic carbocycles. The summed E-state index contributed by atoms with van der Waals surface area (Å²) in [5.74, 6) is -4.39. The van der Waals surface area contributed by atoms with Crippen LogP contribution < -0.4 is 25.2 Å². The number of imide groups is 2. The van der Waals surface area contributed by atoms with Crippen LogP contribution in [0.3, 0.4) is 0 Å². The van der Waals surface area contributed by atoms with Crippen LogP contribution in [0, 0.1) is 5.82 Å². The number of anilines is 5. The third-order valence-electron chi connectivity index (χ3n) is 10.1. The number of rotatable bonds is 11. The number of benzene rings is 2. The molecule has 2 fully saturated rings. The van der Waals surface area contributed by atoms with E-state index in [0.29, 0.717) is 43.6 Å². The van der Waals surface area contributed by atoms with Crippen LogP contribution in [0.4, 0.5) is 46.5 Å². The van der Waals surface area contributed by atoms with Crippen LogP contribution in [0.15, 0.2) is 60.9 Å². The van der Waals surface area contributed by atoms with E-state index in [1.54, 1.807) is 12.1 Å². The monoisotopic (exact) mass is 824 g/mol. The zero-order valence-electron chi connectivity index (χ0n) is 31.0. The number of alkyl halides is 3. The maximum atomic E-state index is 15.8. The van der Waals surface area contributed by atoms with Crippen molar-refractivity contribution in [2.24, 2.45) is 0 Å². The van der Waals surface area contributed by atoms with E-state index in [4.69, 9.17) is 0 Å². The first kappa shape index (κ1) is 40.0. The Morgan fingerprint density at radius 2 is 1.67 bits per heavy atom. The van der Waals surface area contributed by atoms with Gasteiger partial charge in [-0.1, -0.05) is 12.1 Å². The lowest BCUT2D eigenvalue weighted by molar-refractivity contribution is -0.138. The van der Waals surface area contributed by atoms with E-state index in [1.165, 1.54) is 37.5 Å². The van der Waals surface area contributed by atoms with Crippen LogP contribution in [0.5, 0.6) is 0 Å². The number of carbonyl (C=O) groups is 4. The molecule has 0 spiro atoms. The van der Waals surface area contributed by atoms with Gasteiger partial charge in [0.15, 0.2) is 0 Å². The topological polar surface area (TPSA) is 190 Å². The highest BCUT2D eigenvalue weighted by Crippen LogP contribution is 2.35. The van der Waals surface area contributed by atoms with Gasteiger partial charge in [-0.15, -0.1) is 0 Å². The molecule has 2 aromatic heterocycles. The Kier molecular flexibility index (Phi) is 10.8. The summed E-state index contributed by atoms with van der Waals surface area (Å²) in [7, 11) is -2.41. The highest BCUT2D eigenvalue weighted by molar-refractivity contribution is 7.92. The van der Waals surface area contributed by atoms with Gasteiger partial charge in [0.1, 0.15) is 29.1 Å². The molecule has 7 rings (SSSR count). The third-order valence-corrected chi connectivity index (χ3v) is 11.3. The lowest BCUT2D eigenvalue weighted by Gasteiger charge is -2.36. The second kappa shape index (κ2) is 15.6. The van der Waals surface area contributed by atoms with Gasteiger partial charge in [0.2, 0.25) is 27.8 Å². The number of hydrogen-bond acceptors (Lipinski definition) is 13. The Hall–Kier alpha value is -6.22. The molecular weight excluding hydrogens is 789 g/mol. The van der Waals surface area contributed by atoms with Crippen LogP contribution in [0.1, 0.15) is 50.2 Å². The van der Waals surface area contributed by atoms with Crippen molar-refractivity contribution in [2.75, 3.05) is 59.3 Å². The largest absolute Gasteiger partial charge is 0.421 e. The van der Waals surface area contributed by atoms with Gasteiger partial charge in [-0.2, -0.15) is 18.2 Å². The van der Waals surface area contributed by atoms with Gasteiger partial charge in [-0.25, -0.2) is 22.8 Å². The van der Waals surface area contributed by atoms with Crippen LogP contribution in [-0.2, 0) is 38.9 Å². The van der Waals surface area contributed by atoms with E-state index >= 15 is 4.39 Å². The Morgan fingerprint density at radius 1 is 0.948 bits per heavy atom. The molecule has 0 radical (unpaired) electrons. The summed E-state index contributed by atoms with van der Waals surface area (Å²) in [5, 5.41) is 7.69. The number of carbonyl (C=O) groups excluding carboxylic acids is 4. The molecule has 3 aliphatic heterocycles. The number of halogens is 4. The van der Waals surface area contributed by atoms with Crippen molar-refractivity contribution in [2.45, 2.75) is 38.1 Å².